The molecule has 0 unspecified atom stereocenters. The highest BCUT2D eigenvalue weighted by Gasteiger charge is 2.34. The largest absolute Gasteiger partial charge is 0.493 e. The van der Waals surface area contributed by atoms with Gasteiger partial charge in [-0.1, -0.05) is 62.6 Å². The van der Waals surface area contributed by atoms with Crippen molar-refractivity contribution < 1.29 is 28.5 Å². The van der Waals surface area contributed by atoms with Gasteiger partial charge in [-0.25, -0.2) is 9.79 Å². The van der Waals surface area contributed by atoms with Gasteiger partial charge < -0.3 is 23.7 Å². The van der Waals surface area contributed by atoms with Gasteiger partial charge in [0.1, 0.15) is 6.61 Å². The van der Waals surface area contributed by atoms with Gasteiger partial charge in [-0.2, -0.15) is 0 Å². The molecule has 5 rings (SSSR count). The molecule has 0 saturated heterocycles. The molecular weight excluding hydrogens is 743 g/mol. The number of fused-ring (bicyclic) bond motifs is 1. The monoisotopic (exact) mass is 774 g/mol. The molecule has 13 heteroatoms. The van der Waals surface area contributed by atoms with Crippen LogP contribution < -0.4 is 33.8 Å². The van der Waals surface area contributed by atoms with Crippen molar-refractivity contribution in [2.75, 3.05) is 20.8 Å². The second-order valence-electron chi connectivity index (χ2n) is 10.9. The standard InChI is InChI=1S/C35H33BrCl2N2O7S/c1-7-45-34(42)31-19(4)39-35-40(32(31)20-9-11-26(47-18(2)3)27(12-20)43-5)33(41)30(48-35)14-22-13-28(44-6)29(16-24(22)36)46-17-21-8-10-23(37)15-25(21)38/h8-16,18,32H,7,17H2,1-6H3/b30-14-/t32-/m0/s1. The zero-order valence-electron chi connectivity index (χ0n) is 27.1. The number of carbonyl (C=O) groups is 1. The van der Waals surface area contributed by atoms with Crippen LogP contribution >= 0.6 is 50.5 Å². The molecule has 1 atom stereocenters. The highest BCUT2D eigenvalue weighted by molar-refractivity contribution is 9.10. The first-order chi connectivity index (χ1) is 22.9. The van der Waals surface area contributed by atoms with Gasteiger partial charge in [0.05, 0.1) is 48.8 Å². The number of allylic oxidation sites excluding steroid dienone is 1. The summed E-state index contributed by atoms with van der Waals surface area (Å²) in [6, 6.07) is 13.3. The van der Waals surface area contributed by atoms with Gasteiger partial charge in [0.15, 0.2) is 27.8 Å². The molecule has 0 aliphatic carbocycles. The van der Waals surface area contributed by atoms with E-state index in [9.17, 15) is 9.59 Å². The molecule has 2 heterocycles. The quantitative estimate of drug-likeness (QED) is 0.148. The third-order valence-electron chi connectivity index (χ3n) is 7.35. The lowest BCUT2D eigenvalue weighted by Crippen LogP contribution is -2.40. The molecule has 0 N–H and O–H groups in total. The van der Waals surface area contributed by atoms with Gasteiger partial charge in [0.2, 0.25) is 0 Å². The molecule has 9 nitrogen and oxygen atoms in total. The van der Waals surface area contributed by atoms with Crippen LogP contribution in [-0.2, 0) is 16.1 Å². The normalized spacial score (nSPS) is 14.5. The molecule has 4 aromatic rings. The highest BCUT2D eigenvalue weighted by Crippen LogP contribution is 2.37. The molecule has 0 saturated carbocycles. The van der Waals surface area contributed by atoms with E-state index >= 15 is 0 Å². The van der Waals surface area contributed by atoms with E-state index in [4.69, 9.17) is 46.9 Å². The summed E-state index contributed by atoms with van der Waals surface area (Å²) in [5.41, 5.74) is 2.46. The number of hydrogen-bond donors (Lipinski definition) is 0. The van der Waals surface area contributed by atoms with E-state index in [1.807, 2.05) is 19.9 Å². The Morgan fingerprint density at radius 3 is 2.44 bits per heavy atom. The summed E-state index contributed by atoms with van der Waals surface area (Å²) in [5, 5.41) is 1.02. The predicted octanol–water partition coefficient (Wildman–Crippen LogP) is 7.25. The van der Waals surface area contributed by atoms with E-state index < -0.39 is 12.0 Å². The number of benzene rings is 3. The van der Waals surface area contributed by atoms with Crippen molar-refractivity contribution >= 4 is 62.5 Å². The first-order valence-corrected chi connectivity index (χ1v) is 17.3. The van der Waals surface area contributed by atoms with E-state index in [-0.39, 0.29) is 30.5 Å². The Kier molecular flexibility index (Phi) is 11.2. The summed E-state index contributed by atoms with van der Waals surface area (Å²) < 4.78 is 31.2. The summed E-state index contributed by atoms with van der Waals surface area (Å²) >= 11 is 17.2. The number of halogens is 3. The van der Waals surface area contributed by atoms with Crippen LogP contribution in [0.5, 0.6) is 23.0 Å². The molecule has 0 spiro atoms. The summed E-state index contributed by atoms with van der Waals surface area (Å²) in [5.74, 6) is 1.39. The maximum Gasteiger partial charge on any atom is 0.338 e. The number of hydrogen-bond acceptors (Lipinski definition) is 9. The van der Waals surface area contributed by atoms with Gasteiger partial charge >= 0.3 is 5.97 Å². The number of aromatic nitrogens is 1. The Hall–Kier alpha value is -3.77. The van der Waals surface area contributed by atoms with E-state index in [1.165, 1.54) is 23.0 Å². The van der Waals surface area contributed by atoms with Crippen molar-refractivity contribution in [1.82, 2.24) is 4.57 Å². The van der Waals surface area contributed by atoms with Gasteiger partial charge in [-0.3, -0.25) is 9.36 Å². The Balaban J connectivity index is 1.59. The molecule has 3 aromatic carbocycles. The molecule has 0 radical (unpaired) electrons. The number of carbonyl (C=O) groups excluding carboxylic acids is 1. The fourth-order valence-electron chi connectivity index (χ4n) is 5.18. The van der Waals surface area contributed by atoms with Crippen LogP contribution in [0.4, 0.5) is 0 Å². The lowest BCUT2D eigenvalue weighted by Gasteiger charge is -2.25. The van der Waals surface area contributed by atoms with Crippen LogP contribution in [0.3, 0.4) is 0 Å². The molecule has 252 valence electrons. The summed E-state index contributed by atoms with van der Waals surface area (Å²) in [7, 11) is 3.08. The number of nitrogens with zero attached hydrogens (tertiary/aromatic N) is 2. The van der Waals surface area contributed by atoms with Crippen LogP contribution in [0.1, 0.15) is 50.4 Å². The molecule has 1 aromatic heterocycles. The fraction of sp³-hybridized carbons (Fsp3) is 0.286. The van der Waals surface area contributed by atoms with Crippen LogP contribution in [0.25, 0.3) is 6.08 Å². The maximum absolute atomic E-state index is 14.2. The van der Waals surface area contributed by atoms with Crippen molar-refractivity contribution in [3.05, 3.63) is 111 Å². The minimum absolute atomic E-state index is 0.0831. The van der Waals surface area contributed by atoms with Crippen molar-refractivity contribution in [2.45, 2.75) is 46.4 Å². The van der Waals surface area contributed by atoms with Crippen LogP contribution in [0.2, 0.25) is 10.0 Å². The minimum Gasteiger partial charge on any atom is -0.493 e. The highest BCUT2D eigenvalue weighted by atomic mass is 79.9. The Bertz CT molecular complexity index is 2090. The Labute approximate surface area is 300 Å². The van der Waals surface area contributed by atoms with Crippen LogP contribution in [0.15, 0.2) is 74.1 Å². The van der Waals surface area contributed by atoms with Crippen molar-refractivity contribution in [1.29, 1.82) is 0 Å². The Morgan fingerprint density at radius 2 is 1.77 bits per heavy atom. The molecular formula is C35H33BrCl2N2O7S. The third-order valence-corrected chi connectivity index (χ3v) is 9.61. The van der Waals surface area contributed by atoms with E-state index in [1.54, 1.807) is 69.5 Å². The van der Waals surface area contributed by atoms with Crippen molar-refractivity contribution in [3.63, 3.8) is 0 Å². The third kappa shape index (κ3) is 7.44. The number of ether oxygens (including phenoxy) is 5. The van der Waals surface area contributed by atoms with Gasteiger partial charge in [0, 0.05) is 20.1 Å². The molecule has 0 amide bonds. The molecule has 1 aliphatic rings. The second-order valence-corrected chi connectivity index (χ2v) is 13.6. The molecule has 0 bridgehead atoms. The predicted molar refractivity (Wildman–Crippen MR) is 191 cm³/mol. The number of methoxy groups -OCH3 is 2. The molecule has 1 aliphatic heterocycles. The first-order valence-electron chi connectivity index (χ1n) is 14.9. The van der Waals surface area contributed by atoms with Crippen LogP contribution in [0, 0.1) is 0 Å². The van der Waals surface area contributed by atoms with Gasteiger partial charge in [0.25, 0.3) is 5.56 Å². The van der Waals surface area contributed by atoms with E-state index in [0.29, 0.717) is 63.7 Å². The van der Waals surface area contributed by atoms with Gasteiger partial charge in [-0.05, 0) is 81.3 Å². The second kappa shape index (κ2) is 15.2. The molecule has 0 fully saturated rings. The fourth-order valence-corrected chi connectivity index (χ4v) is 7.12. The number of thiazole rings is 1. The van der Waals surface area contributed by atoms with Crippen molar-refractivity contribution in [3.8, 4) is 23.0 Å². The smallest absolute Gasteiger partial charge is 0.338 e. The lowest BCUT2D eigenvalue weighted by atomic mass is 9.95. The summed E-state index contributed by atoms with van der Waals surface area (Å²) in [6.45, 7) is 7.66. The van der Waals surface area contributed by atoms with Crippen LogP contribution in [-0.4, -0.2) is 37.5 Å². The average molecular weight is 777 g/mol. The van der Waals surface area contributed by atoms with E-state index in [2.05, 4.69) is 20.9 Å². The SMILES string of the molecule is CCOC(=O)C1=C(C)N=c2s/c(=C\c3cc(OC)c(OCc4ccc(Cl)cc4Cl)cc3Br)c(=O)n2[C@H]1c1ccc(OC(C)C)c(OC)c1. The zero-order valence-corrected chi connectivity index (χ0v) is 31.0. The topological polar surface area (TPSA) is 97.6 Å². The summed E-state index contributed by atoms with van der Waals surface area (Å²) in [6.07, 6.45) is 1.66. The first kappa shape index (κ1) is 35.5. The zero-order chi connectivity index (χ0) is 34.7. The Morgan fingerprint density at radius 1 is 1.04 bits per heavy atom. The minimum atomic E-state index is -0.821. The summed E-state index contributed by atoms with van der Waals surface area (Å²) in [4.78, 5) is 32.7. The molecule has 48 heavy (non-hydrogen) atoms. The maximum atomic E-state index is 14.2. The van der Waals surface area contributed by atoms with Gasteiger partial charge in [-0.15, -0.1) is 0 Å². The lowest BCUT2D eigenvalue weighted by molar-refractivity contribution is -0.139. The number of rotatable bonds is 11. The van der Waals surface area contributed by atoms with E-state index in [0.717, 1.165) is 5.56 Å². The van der Waals surface area contributed by atoms with Crippen molar-refractivity contribution in [2.24, 2.45) is 4.99 Å². The average Bonchev–Trinajstić information content (AvgIpc) is 3.34. The number of esters is 1.